The Morgan fingerprint density at radius 1 is 1.15 bits per heavy atom. The maximum Gasteiger partial charge on any atom is 0.274 e. The first-order chi connectivity index (χ1) is 13.1. The number of anilines is 3. The Bertz CT molecular complexity index is 798. The van der Waals surface area contributed by atoms with Gasteiger partial charge in [-0.3, -0.25) is 4.79 Å². The summed E-state index contributed by atoms with van der Waals surface area (Å²) in [5.74, 6) is 0.433. The van der Waals surface area contributed by atoms with E-state index in [9.17, 15) is 4.79 Å². The van der Waals surface area contributed by atoms with Gasteiger partial charge in [-0.25, -0.2) is 9.97 Å². The number of nitrogens with one attached hydrogen (secondary N) is 2. The Labute approximate surface area is 160 Å². The van der Waals surface area contributed by atoms with Gasteiger partial charge >= 0.3 is 0 Å². The summed E-state index contributed by atoms with van der Waals surface area (Å²) >= 11 is 0. The summed E-state index contributed by atoms with van der Waals surface area (Å²) in [4.78, 5) is 22.8. The molecule has 1 amide bonds. The molecule has 0 atom stereocenters. The van der Waals surface area contributed by atoms with Crippen molar-refractivity contribution in [1.82, 2.24) is 9.97 Å². The number of carbonyl (C=O) groups excluding carboxylic acids is 1. The molecule has 1 aromatic heterocycles. The van der Waals surface area contributed by atoms with Crippen molar-refractivity contribution in [1.29, 1.82) is 0 Å². The molecule has 1 aliphatic rings. The predicted octanol–water partition coefficient (Wildman–Crippen LogP) is 4.10. The average molecular weight is 365 g/mol. The maximum atomic E-state index is 12.5. The van der Waals surface area contributed by atoms with Crippen LogP contribution in [0.1, 0.15) is 42.6 Å². The Morgan fingerprint density at radius 3 is 2.67 bits per heavy atom. The smallest absolute Gasteiger partial charge is 0.274 e. The summed E-state index contributed by atoms with van der Waals surface area (Å²) in [7, 11) is 3.96. The molecule has 6 heteroatoms. The lowest BCUT2D eigenvalue weighted by Gasteiger charge is -2.13. The van der Waals surface area contributed by atoms with Crippen molar-refractivity contribution in [2.45, 2.75) is 32.1 Å². The molecule has 3 rings (SSSR count). The van der Waals surface area contributed by atoms with E-state index in [2.05, 4.69) is 26.7 Å². The second kappa shape index (κ2) is 9.16. The number of benzene rings is 1. The van der Waals surface area contributed by atoms with Gasteiger partial charge in [-0.05, 0) is 56.4 Å². The Hall–Kier alpha value is -2.89. The van der Waals surface area contributed by atoms with Gasteiger partial charge in [0.1, 0.15) is 17.8 Å². The number of hydrogen-bond acceptors (Lipinski definition) is 5. The Balaban J connectivity index is 1.55. The Morgan fingerprint density at radius 2 is 1.96 bits per heavy atom. The van der Waals surface area contributed by atoms with Crippen LogP contribution in [-0.4, -0.2) is 36.5 Å². The van der Waals surface area contributed by atoms with Gasteiger partial charge in [0.25, 0.3) is 5.91 Å². The van der Waals surface area contributed by atoms with E-state index in [1.54, 1.807) is 6.07 Å². The minimum Gasteiger partial charge on any atom is -0.378 e. The summed E-state index contributed by atoms with van der Waals surface area (Å²) < 4.78 is 0. The van der Waals surface area contributed by atoms with E-state index in [1.807, 2.05) is 43.3 Å². The third-order valence-electron chi connectivity index (χ3n) is 4.68. The van der Waals surface area contributed by atoms with Crippen LogP contribution in [0.15, 0.2) is 48.3 Å². The van der Waals surface area contributed by atoms with Gasteiger partial charge in [0.05, 0.1) is 0 Å². The quantitative estimate of drug-likeness (QED) is 0.723. The maximum absolute atomic E-state index is 12.5. The van der Waals surface area contributed by atoms with Crippen molar-refractivity contribution in [2.24, 2.45) is 0 Å². The fourth-order valence-corrected chi connectivity index (χ4v) is 3.10. The minimum atomic E-state index is -0.243. The number of nitrogens with zero attached hydrogens (tertiary/aromatic N) is 3. The first kappa shape index (κ1) is 18.9. The van der Waals surface area contributed by atoms with Crippen molar-refractivity contribution in [3.63, 3.8) is 0 Å². The van der Waals surface area contributed by atoms with Crippen LogP contribution in [0.3, 0.4) is 0 Å². The topological polar surface area (TPSA) is 70.2 Å². The summed E-state index contributed by atoms with van der Waals surface area (Å²) in [6.45, 7) is 0.815. The molecule has 0 bridgehead atoms. The van der Waals surface area contributed by atoms with E-state index in [0.717, 1.165) is 24.3 Å². The first-order valence-corrected chi connectivity index (χ1v) is 9.44. The highest BCUT2D eigenvalue weighted by atomic mass is 16.1. The molecule has 142 valence electrons. The summed E-state index contributed by atoms with van der Waals surface area (Å²) in [5.41, 5.74) is 3.68. The van der Waals surface area contributed by atoms with Crippen LogP contribution in [0.4, 0.5) is 17.2 Å². The molecule has 1 aromatic carbocycles. The van der Waals surface area contributed by atoms with Crippen LogP contribution in [-0.2, 0) is 0 Å². The molecule has 2 aromatic rings. The molecule has 0 radical (unpaired) electrons. The standard InChI is InChI=1S/C21H27N5O/c1-26(2)18-10-8-17(9-11-18)25-21(27)19-14-20(24-15-23-19)22-13-12-16-6-4-3-5-7-16/h6,8-11,14-15H,3-5,7,12-13H2,1-2H3,(H,25,27)(H,22,23,24). The molecule has 1 heterocycles. The van der Waals surface area contributed by atoms with Gasteiger partial charge in [0.2, 0.25) is 0 Å². The highest BCUT2D eigenvalue weighted by Gasteiger charge is 2.10. The zero-order chi connectivity index (χ0) is 19.1. The lowest BCUT2D eigenvalue weighted by atomic mass is 9.97. The number of allylic oxidation sites excluding steroid dienone is 1. The monoisotopic (exact) mass is 365 g/mol. The van der Waals surface area contributed by atoms with E-state index in [4.69, 9.17) is 0 Å². The number of aromatic nitrogens is 2. The molecule has 0 spiro atoms. The van der Waals surface area contributed by atoms with Gasteiger partial charge in [-0.2, -0.15) is 0 Å². The van der Waals surface area contributed by atoms with Gasteiger partial charge in [0.15, 0.2) is 0 Å². The lowest BCUT2D eigenvalue weighted by molar-refractivity contribution is 0.102. The molecule has 27 heavy (non-hydrogen) atoms. The highest BCUT2D eigenvalue weighted by molar-refractivity contribution is 6.03. The second-order valence-electron chi connectivity index (χ2n) is 6.97. The van der Waals surface area contributed by atoms with E-state index in [-0.39, 0.29) is 5.91 Å². The number of amides is 1. The second-order valence-corrected chi connectivity index (χ2v) is 6.97. The van der Waals surface area contributed by atoms with Gasteiger partial charge in [0, 0.05) is 38.1 Å². The van der Waals surface area contributed by atoms with Crippen LogP contribution in [0.2, 0.25) is 0 Å². The molecule has 0 fully saturated rings. The minimum absolute atomic E-state index is 0.243. The average Bonchev–Trinajstić information content (AvgIpc) is 2.69. The summed E-state index contributed by atoms with van der Waals surface area (Å²) in [5, 5.41) is 6.17. The third kappa shape index (κ3) is 5.54. The van der Waals surface area contributed by atoms with Gasteiger partial charge in [-0.15, -0.1) is 0 Å². The molecular formula is C21H27N5O. The molecule has 0 aliphatic heterocycles. The molecule has 0 saturated carbocycles. The zero-order valence-corrected chi connectivity index (χ0v) is 16.0. The van der Waals surface area contributed by atoms with E-state index in [0.29, 0.717) is 11.5 Å². The van der Waals surface area contributed by atoms with Crippen molar-refractivity contribution in [2.75, 3.05) is 36.2 Å². The van der Waals surface area contributed by atoms with Crippen LogP contribution in [0, 0.1) is 0 Å². The molecule has 0 saturated heterocycles. The van der Waals surface area contributed by atoms with Crippen molar-refractivity contribution >= 4 is 23.1 Å². The fourth-order valence-electron chi connectivity index (χ4n) is 3.10. The molecule has 2 N–H and O–H groups in total. The van der Waals surface area contributed by atoms with Crippen LogP contribution < -0.4 is 15.5 Å². The zero-order valence-electron chi connectivity index (χ0n) is 16.0. The normalized spacial score (nSPS) is 13.6. The van der Waals surface area contributed by atoms with Gasteiger partial charge in [-0.1, -0.05) is 11.6 Å². The molecule has 0 unspecified atom stereocenters. The van der Waals surface area contributed by atoms with E-state index in [1.165, 1.54) is 37.6 Å². The Kier molecular flexibility index (Phi) is 6.41. The number of hydrogen-bond donors (Lipinski definition) is 2. The van der Waals surface area contributed by atoms with Crippen molar-refractivity contribution in [3.05, 3.63) is 54.0 Å². The highest BCUT2D eigenvalue weighted by Crippen LogP contribution is 2.20. The van der Waals surface area contributed by atoms with E-state index < -0.39 is 0 Å². The third-order valence-corrected chi connectivity index (χ3v) is 4.68. The molecular weight excluding hydrogens is 338 g/mol. The summed E-state index contributed by atoms with van der Waals surface area (Å²) in [6, 6.07) is 9.38. The largest absolute Gasteiger partial charge is 0.378 e. The van der Waals surface area contributed by atoms with Crippen LogP contribution in [0.25, 0.3) is 0 Å². The number of carbonyl (C=O) groups is 1. The molecule has 6 nitrogen and oxygen atoms in total. The van der Waals surface area contributed by atoms with Gasteiger partial charge < -0.3 is 15.5 Å². The van der Waals surface area contributed by atoms with Crippen molar-refractivity contribution < 1.29 is 4.79 Å². The number of rotatable bonds is 7. The van der Waals surface area contributed by atoms with Crippen molar-refractivity contribution in [3.8, 4) is 0 Å². The summed E-state index contributed by atoms with van der Waals surface area (Å²) in [6.07, 6.45) is 9.79. The lowest BCUT2D eigenvalue weighted by Crippen LogP contribution is -2.15. The van der Waals surface area contributed by atoms with Crippen LogP contribution >= 0.6 is 0 Å². The van der Waals surface area contributed by atoms with E-state index >= 15 is 0 Å². The SMILES string of the molecule is CN(C)c1ccc(NC(=O)c2cc(NCCC3=CCCCC3)ncn2)cc1. The van der Waals surface area contributed by atoms with Crippen LogP contribution in [0.5, 0.6) is 0 Å². The first-order valence-electron chi connectivity index (χ1n) is 9.44. The predicted molar refractivity (Wildman–Crippen MR) is 110 cm³/mol. The molecule has 1 aliphatic carbocycles. The fraction of sp³-hybridized carbons (Fsp3) is 0.381.